The summed E-state index contributed by atoms with van der Waals surface area (Å²) in [7, 11) is 0. The summed E-state index contributed by atoms with van der Waals surface area (Å²) in [6, 6.07) is 0.565. The number of likely N-dealkylation sites (N-methyl/N-ethyl adjacent to an activating group) is 1. The summed E-state index contributed by atoms with van der Waals surface area (Å²) in [6.07, 6.45) is 0.957. The van der Waals surface area contributed by atoms with Crippen molar-refractivity contribution in [3.8, 4) is 0 Å². The molecule has 96 valence electrons. The third-order valence-corrected chi connectivity index (χ3v) is 2.98. The standard InChI is InChI=1S/C12H27N3O/c1-6-10(4)14-12(16)13-9-11(5)15(7-2)8-3/h10-11H,6-9H2,1-5H3,(H2,13,14,16). The van der Waals surface area contributed by atoms with Crippen LogP contribution in [0.4, 0.5) is 4.79 Å². The molecular weight excluding hydrogens is 202 g/mol. The summed E-state index contributed by atoms with van der Waals surface area (Å²) >= 11 is 0. The fourth-order valence-corrected chi connectivity index (χ4v) is 1.59. The van der Waals surface area contributed by atoms with Gasteiger partial charge in [0.2, 0.25) is 0 Å². The van der Waals surface area contributed by atoms with Crippen molar-refractivity contribution in [3.05, 3.63) is 0 Å². The molecule has 0 fully saturated rings. The first kappa shape index (κ1) is 15.2. The Labute approximate surface area is 99.8 Å². The van der Waals surface area contributed by atoms with Gasteiger partial charge in [-0.3, -0.25) is 4.90 Å². The highest BCUT2D eigenvalue weighted by molar-refractivity contribution is 5.74. The smallest absolute Gasteiger partial charge is 0.315 e. The van der Waals surface area contributed by atoms with Gasteiger partial charge in [-0.15, -0.1) is 0 Å². The van der Waals surface area contributed by atoms with Gasteiger partial charge in [-0.2, -0.15) is 0 Å². The predicted octanol–water partition coefficient (Wildman–Crippen LogP) is 1.81. The van der Waals surface area contributed by atoms with Gasteiger partial charge in [0.25, 0.3) is 0 Å². The van der Waals surface area contributed by atoms with Crippen LogP contribution in [0.5, 0.6) is 0 Å². The molecule has 2 N–H and O–H groups in total. The first-order chi connectivity index (χ1) is 7.54. The quantitative estimate of drug-likeness (QED) is 0.699. The number of amides is 2. The molecule has 16 heavy (non-hydrogen) atoms. The van der Waals surface area contributed by atoms with Crippen molar-refractivity contribution in [3.63, 3.8) is 0 Å². The van der Waals surface area contributed by atoms with Crippen molar-refractivity contribution in [2.24, 2.45) is 0 Å². The van der Waals surface area contributed by atoms with Gasteiger partial charge in [-0.25, -0.2) is 4.79 Å². The highest BCUT2D eigenvalue weighted by Gasteiger charge is 2.11. The molecule has 2 atom stereocenters. The number of rotatable bonds is 7. The Balaban J connectivity index is 3.82. The lowest BCUT2D eigenvalue weighted by molar-refractivity contribution is 0.213. The van der Waals surface area contributed by atoms with E-state index in [0.29, 0.717) is 12.6 Å². The van der Waals surface area contributed by atoms with Crippen LogP contribution in [0.3, 0.4) is 0 Å². The largest absolute Gasteiger partial charge is 0.337 e. The van der Waals surface area contributed by atoms with Crippen LogP contribution in [0.1, 0.15) is 41.0 Å². The molecule has 0 radical (unpaired) electrons. The molecule has 0 aliphatic rings. The fraction of sp³-hybridized carbons (Fsp3) is 0.917. The van der Waals surface area contributed by atoms with Crippen molar-refractivity contribution in [2.45, 2.75) is 53.1 Å². The van der Waals surface area contributed by atoms with Crippen LogP contribution < -0.4 is 10.6 Å². The van der Waals surface area contributed by atoms with Crippen LogP contribution in [-0.4, -0.2) is 42.6 Å². The maximum Gasteiger partial charge on any atom is 0.315 e. The Morgan fingerprint density at radius 2 is 1.75 bits per heavy atom. The number of carbonyl (C=O) groups is 1. The van der Waals surface area contributed by atoms with Gasteiger partial charge in [-0.1, -0.05) is 20.8 Å². The molecule has 0 heterocycles. The molecule has 0 aromatic rings. The number of urea groups is 1. The van der Waals surface area contributed by atoms with Crippen LogP contribution in [0.2, 0.25) is 0 Å². The minimum atomic E-state index is -0.0617. The Kier molecular flexibility index (Phi) is 7.99. The van der Waals surface area contributed by atoms with E-state index in [1.54, 1.807) is 0 Å². The summed E-state index contributed by atoms with van der Waals surface area (Å²) in [5.74, 6) is 0. The summed E-state index contributed by atoms with van der Waals surface area (Å²) in [5.41, 5.74) is 0. The maximum absolute atomic E-state index is 11.5. The van der Waals surface area contributed by atoms with Crippen molar-refractivity contribution in [1.29, 1.82) is 0 Å². The Morgan fingerprint density at radius 3 is 2.19 bits per heavy atom. The summed E-state index contributed by atoms with van der Waals surface area (Å²) in [6.45, 7) is 13.2. The third kappa shape index (κ3) is 5.95. The first-order valence-corrected chi connectivity index (χ1v) is 6.33. The molecular formula is C12H27N3O. The Hall–Kier alpha value is -0.770. The maximum atomic E-state index is 11.5. The van der Waals surface area contributed by atoms with Gasteiger partial charge in [0.05, 0.1) is 0 Å². The Morgan fingerprint density at radius 1 is 1.19 bits per heavy atom. The lowest BCUT2D eigenvalue weighted by atomic mass is 10.2. The van der Waals surface area contributed by atoms with Crippen LogP contribution in [0.15, 0.2) is 0 Å². The molecule has 0 aliphatic carbocycles. The van der Waals surface area contributed by atoms with Crippen LogP contribution in [0, 0.1) is 0 Å². The Bertz CT molecular complexity index is 193. The SMILES string of the molecule is CCC(C)NC(=O)NCC(C)N(CC)CC. The average molecular weight is 229 g/mol. The van der Waals surface area contributed by atoms with Crippen molar-refractivity contribution < 1.29 is 4.79 Å². The number of hydrogen-bond acceptors (Lipinski definition) is 2. The molecule has 4 nitrogen and oxygen atoms in total. The molecule has 0 rings (SSSR count). The molecule has 0 aromatic heterocycles. The van der Waals surface area contributed by atoms with Gasteiger partial charge in [0, 0.05) is 18.6 Å². The fourth-order valence-electron chi connectivity index (χ4n) is 1.59. The van der Waals surface area contributed by atoms with E-state index in [0.717, 1.165) is 19.5 Å². The molecule has 0 aliphatic heterocycles. The molecule has 0 bridgehead atoms. The van der Waals surface area contributed by atoms with E-state index in [9.17, 15) is 4.79 Å². The van der Waals surface area contributed by atoms with E-state index in [1.807, 2.05) is 6.92 Å². The van der Waals surface area contributed by atoms with Gasteiger partial charge < -0.3 is 10.6 Å². The highest BCUT2D eigenvalue weighted by atomic mass is 16.2. The molecule has 4 heteroatoms. The summed E-state index contributed by atoms with van der Waals surface area (Å²) in [4.78, 5) is 13.8. The summed E-state index contributed by atoms with van der Waals surface area (Å²) in [5, 5.41) is 5.80. The number of nitrogens with zero attached hydrogens (tertiary/aromatic N) is 1. The van der Waals surface area contributed by atoms with Crippen molar-refractivity contribution in [1.82, 2.24) is 15.5 Å². The molecule has 2 amide bonds. The lowest BCUT2D eigenvalue weighted by Gasteiger charge is -2.26. The zero-order chi connectivity index (χ0) is 12.6. The van der Waals surface area contributed by atoms with Crippen molar-refractivity contribution in [2.75, 3.05) is 19.6 Å². The van der Waals surface area contributed by atoms with E-state index in [1.165, 1.54) is 0 Å². The average Bonchev–Trinajstić information content (AvgIpc) is 2.27. The number of carbonyl (C=O) groups excluding carboxylic acids is 1. The van der Waals surface area contributed by atoms with E-state index >= 15 is 0 Å². The normalized spacial score (nSPS) is 14.6. The van der Waals surface area contributed by atoms with Crippen LogP contribution in [-0.2, 0) is 0 Å². The second-order valence-corrected chi connectivity index (χ2v) is 4.23. The first-order valence-electron chi connectivity index (χ1n) is 6.33. The highest BCUT2D eigenvalue weighted by Crippen LogP contribution is 1.96. The third-order valence-electron chi connectivity index (χ3n) is 2.98. The number of hydrogen-bond donors (Lipinski definition) is 2. The van der Waals surface area contributed by atoms with Crippen LogP contribution in [0.25, 0.3) is 0 Å². The van der Waals surface area contributed by atoms with E-state index < -0.39 is 0 Å². The monoisotopic (exact) mass is 229 g/mol. The lowest BCUT2D eigenvalue weighted by Crippen LogP contribution is -2.46. The van der Waals surface area contributed by atoms with E-state index in [4.69, 9.17) is 0 Å². The second-order valence-electron chi connectivity index (χ2n) is 4.23. The van der Waals surface area contributed by atoms with Gasteiger partial charge in [0.1, 0.15) is 0 Å². The molecule has 0 spiro atoms. The van der Waals surface area contributed by atoms with E-state index in [-0.39, 0.29) is 12.1 Å². The zero-order valence-electron chi connectivity index (χ0n) is 11.3. The van der Waals surface area contributed by atoms with Crippen LogP contribution >= 0.6 is 0 Å². The molecule has 0 saturated heterocycles. The second kappa shape index (κ2) is 8.39. The predicted molar refractivity (Wildman–Crippen MR) is 68.7 cm³/mol. The molecule has 0 saturated carbocycles. The van der Waals surface area contributed by atoms with E-state index in [2.05, 4.69) is 43.2 Å². The zero-order valence-corrected chi connectivity index (χ0v) is 11.3. The number of nitrogens with one attached hydrogen (secondary N) is 2. The van der Waals surface area contributed by atoms with Gasteiger partial charge in [-0.05, 0) is 33.4 Å². The molecule has 2 unspecified atom stereocenters. The topological polar surface area (TPSA) is 44.4 Å². The minimum absolute atomic E-state index is 0.0617. The van der Waals surface area contributed by atoms with Gasteiger partial charge in [0.15, 0.2) is 0 Å². The molecule has 0 aromatic carbocycles. The van der Waals surface area contributed by atoms with Crippen molar-refractivity contribution >= 4 is 6.03 Å². The summed E-state index contributed by atoms with van der Waals surface area (Å²) < 4.78 is 0. The minimum Gasteiger partial charge on any atom is -0.337 e. The van der Waals surface area contributed by atoms with Gasteiger partial charge >= 0.3 is 6.03 Å².